The predicted octanol–water partition coefficient (Wildman–Crippen LogP) is 3.51. The molecule has 4 rings (SSSR count). The summed E-state index contributed by atoms with van der Waals surface area (Å²) in [6, 6.07) is 13.7. The van der Waals surface area contributed by atoms with E-state index in [4.69, 9.17) is 4.74 Å². The molecule has 1 amide bonds. The number of hydrogen-bond acceptors (Lipinski definition) is 6. The number of nitrogens with zero attached hydrogens (tertiary/aromatic N) is 2. The van der Waals surface area contributed by atoms with Crippen LogP contribution in [0.2, 0.25) is 0 Å². The summed E-state index contributed by atoms with van der Waals surface area (Å²) in [5.74, 6) is 0.763. The summed E-state index contributed by atoms with van der Waals surface area (Å²) in [6.07, 6.45) is 2.29. The van der Waals surface area contributed by atoms with Gasteiger partial charge in [0.2, 0.25) is 5.88 Å². The molecule has 2 heterocycles. The lowest BCUT2D eigenvalue weighted by molar-refractivity contribution is 0.0915. The summed E-state index contributed by atoms with van der Waals surface area (Å²) in [6.45, 7) is 1.78. The number of aromatic hydroxyl groups is 1. The fourth-order valence-electron chi connectivity index (χ4n) is 3.49. The number of methoxy groups -OCH3 is 1. The van der Waals surface area contributed by atoms with Crippen LogP contribution in [0.1, 0.15) is 23.7 Å². The Morgan fingerprint density at radius 3 is 2.78 bits per heavy atom. The highest BCUT2D eigenvalue weighted by molar-refractivity contribution is 5.98. The van der Waals surface area contributed by atoms with Crippen molar-refractivity contribution in [1.82, 2.24) is 20.3 Å². The fourth-order valence-corrected chi connectivity index (χ4v) is 3.49. The third-order valence-electron chi connectivity index (χ3n) is 5.32. The molecule has 0 radical (unpaired) electrons. The smallest absolute Gasteiger partial charge is 0.251 e. The number of aromatic amines is 1. The number of rotatable bonds is 7. The van der Waals surface area contributed by atoms with Crippen molar-refractivity contribution in [2.24, 2.45) is 0 Å². The van der Waals surface area contributed by atoms with Crippen molar-refractivity contribution >= 4 is 16.9 Å². The maximum atomic E-state index is 12.5. The molecular formula is C24H24N4O4. The van der Waals surface area contributed by atoms with Crippen molar-refractivity contribution in [3.8, 4) is 34.1 Å². The van der Waals surface area contributed by atoms with Crippen molar-refractivity contribution in [3.63, 3.8) is 0 Å². The fraction of sp³-hybridized carbons (Fsp3) is 0.208. The van der Waals surface area contributed by atoms with Crippen molar-refractivity contribution in [3.05, 3.63) is 60.3 Å². The predicted molar refractivity (Wildman–Crippen MR) is 122 cm³/mol. The normalized spacial score (nSPS) is 12.0. The van der Waals surface area contributed by atoms with Gasteiger partial charge in [-0.3, -0.25) is 4.79 Å². The summed E-state index contributed by atoms with van der Waals surface area (Å²) in [4.78, 5) is 24.5. The second-order valence-corrected chi connectivity index (χ2v) is 7.37. The highest BCUT2D eigenvalue weighted by atomic mass is 16.5. The molecule has 0 aliphatic carbocycles. The number of imidazole rings is 1. The number of amides is 1. The molecule has 4 N–H and O–H groups in total. The first-order valence-corrected chi connectivity index (χ1v) is 10.3. The molecule has 0 aliphatic rings. The molecule has 32 heavy (non-hydrogen) atoms. The van der Waals surface area contributed by atoms with E-state index < -0.39 is 0 Å². The minimum atomic E-state index is -0.292. The second-order valence-electron chi connectivity index (χ2n) is 7.37. The van der Waals surface area contributed by atoms with E-state index in [0.717, 1.165) is 11.1 Å². The molecule has 0 saturated heterocycles. The number of phenols is 1. The Balaban J connectivity index is 1.70. The van der Waals surface area contributed by atoms with Gasteiger partial charge in [0.25, 0.3) is 5.91 Å². The van der Waals surface area contributed by atoms with Gasteiger partial charge in [-0.15, -0.1) is 0 Å². The van der Waals surface area contributed by atoms with Crippen LogP contribution in [0, 0.1) is 0 Å². The molecule has 0 aliphatic heterocycles. The van der Waals surface area contributed by atoms with Crippen LogP contribution in [0.25, 0.3) is 33.5 Å². The molecule has 0 saturated carbocycles. The minimum absolute atomic E-state index is 0.0716. The zero-order valence-corrected chi connectivity index (χ0v) is 17.8. The maximum Gasteiger partial charge on any atom is 0.251 e. The summed E-state index contributed by atoms with van der Waals surface area (Å²) in [7, 11) is 1.56. The van der Waals surface area contributed by atoms with E-state index in [1.807, 2.05) is 25.1 Å². The molecule has 1 unspecified atom stereocenters. The van der Waals surface area contributed by atoms with E-state index in [1.54, 1.807) is 43.6 Å². The second kappa shape index (κ2) is 9.07. The number of carbonyl (C=O) groups is 1. The number of carbonyl (C=O) groups excluding carboxylic acids is 1. The molecule has 0 spiro atoms. The van der Waals surface area contributed by atoms with Crippen LogP contribution < -0.4 is 10.1 Å². The quantitative estimate of drug-likeness (QED) is 0.355. The number of pyridine rings is 1. The Hall–Kier alpha value is -3.91. The Bertz CT molecular complexity index is 1260. The third-order valence-corrected chi connectivity index (χ3v) is 5.32. The number of aliphatic hydroxyl groups excluding tert-OH is 1. The molecule has 1 atom stereocenters. The molecular weight excluding hydrogens is 408 g/mol. The average Bonchev–Trinajstić information content (AvgIpc) is 3.25. The van der Waals surface area contributed by atoms with Crippen LogP contribution in [-0.2, 0) is 0 Å². The number of phenolic OH excluding ortho intramolecular Hbond substituents is 1. The molecule has 4 aromatic rings. The van der Waals surface area contributed by atoms with Gasteiger partial charge < -0.3 is 25.3 Å². The number of H-pyrrole nitrogens is 1. The molecule has 2 aromatic carbocycles. The zero-order valence-electron chi connectivity index (χ0n) is 17.8. The number of hydrogen-bond donors (Lipinski definition) is 4. The van der Waals surface area contributed by atoms with Gasteiger partial charge in [-0.1, -0.05) is 13.0 Å². The van der Waals surface area contributed by atoms with Crippen LogP contribution in [0.3, 0.4) is 0 Å². The standard InChI is InChI=1S/C24H24N4O4/c1-3-16(13-29)26-23(31)15-6-8-19-20(12-15)28-22(27-19)18-11-14(7-9-21(18)30)17-5-4-10-25-24(17)32-2/h4-12,16,29-30H,3,13H2,1-2H3,(H,26,31)(H,27,28). The van der Waals surface area contributed by atoms with Crippen LogP contribution in [0.4, 0.5) is 0 Å². The van der Waals surface area contributed by atoms with Crippen molar-refractivity contribution in [2.75, 3.05) is 13.7 Å². The van der Waals surface area contributed by atoms with E-state index >= 15 is 0 Å². The lowest BCUT2D eigenvalue weighted by Crippen LogP contribution is -2.36. The van der Waals surface area contributed by atoms with Gasteiger partial charge in [-0.05, 0) is 54.4 Å². The van der Waals surface area contributed by atoms with Crippen molar-refractivity contribution in [1.29, 1.82) is 0 Å². The number of nitrogens with one attached hydrogen (secondary N) is 2. The van der Waals surface area contributed by atoms with E-state index in [1.165, 1.54) is 0 Å². The lowest BCUT2D eigenvalue weighted by atomic mass is 10.0. The SMILES string of the molecule is CCC(CO)NC(=O)c1ccc2nc(-c3cc(-c4cccnc4OC)ccc3O)[nH]c2c1. The number of ether oxygens (including phenoxy) is 1. The first-order valence-electron chi connectivity index (χ1n) is 10.3. The van der Waals surface area contributed by atoms with E-state index in [9.17, 15) is 15.0 Å². The summed E-state index contributed by atoms with van der Waals surface area (Å²) in [5.41, 5.74) is 3.90. The maximum absolute atomic E-state index is 12.5. The molecule has 8 nitrogen and oxygen atoms in total. The summed E-state index contributed by atoms with van der Waals surface area (Å²) >= 11 is 0. The summed E-state index contributed by atoms with van der Waals surface area (Å²) < 4.78 is 5.35. The van der Waals surface area contributed by atoms with E-state index in [0.29, 0.717) is 40.3 Å². The Kier molecular flexibility index (Phi) is 6.04. The minimum Gasteiger partial charge on any atom is -0.507 e. The molecule has 2 aromatic heterocycles. The van der Waals surface area contributed by atoms with Crippen LogP contribution >= 0.6 is 0 Å². The van der Waals surface area contributed by atoms with Gasteiger partial charge in [-0.25, -0.2) is 9.97 Å². The topological polar surface area (TPSA) is 120 Å². The average molecular weight is 432 g/mol. The number of fused-ring (bicyclic) bond motifs is 1. The van der Waals surface area contributed by atoms with Gasteiger partial charge in [0.1, 0.15) is 11.6 Å². The monoisotopic (exact) mass is 432 g/mol. The van der Waals surface area contributed by atoms with Gasteiger partial charge in [0, 0.05) is 17.3 Å². The largest absolute Gasteiger partial charge is 0.507 e. The van der Waals surface area contributed by atoms with Crippen LogP contribution in [0.15, 0.2) is 54.7 Å². The number of aromatic nitrogens is 3. The van der Waals surface area contributed by atoms with E-state index in [2.05, 4.69) is 20.3 Å². The van der Waals surface area contributed by atoms with Crippen molar-refractivity contribution in [2.45, 2.75) is 19.4 Å². The highest BCUT2D eigenvalue weighted by Gasteiger charge is 2.16. The lowest BCUT2D eigenvalue weighted by Gasteiger charge is -2.13. The number of benzene rings is 2. The van der Waals surface area contributed by atoms with E-state index in [-0.39, 0.29) is 24.3 Å². The van der Waals surface area contributed by atoms with Gasteiger partial charge in [-0.2, -0.15) is 0 Å². The van der Waals surface area contributed by atoms with Gasteiger partial charge in [0.15, 0.2) is 0 Å². The molecule has 8 heteroatoms. The molecule has 0 fully saturated rings. The zero-order chi connectivity index (χ0) is 22.7. The van der Waals surface area contributed by atoms with Gasteiger partial charge >= 0.3 is 0 Å². The van der Waals surface area contributed by atoms with Crippen LogP contribution in [0.5, 0.6) is 11.6 Å². The molecule has 0 bridgehead atoms. The Labute approximate surface area is 184 Å². The summed E-state index contributed by atoms with van der Waals surface area (Å²) in [5, 5.41) is 22.6. The first-order chi connectivity index (χ1) is 15.5. The first kappa shape index (κ1) is 21.3. The highest BCUT2D eigenvalue weighted by Crippen LogP contribution is 2.35. The molecule has 164 valence electrons. The third kappa shape index (κ3) is 4.13. The van der Waals surface area contributed by atoms with Crippen LogP contribution in [-0.4, -0.2) is 50.8 Å². The number of aliphatic hydroxyl groups is 1. The van der Waals surface area contributed by atoms with Crippen molar-refractivity contribution < 1.29 is 19.7 Å². The Morgan fingerprint density at radius 2 is 2.03 bits per heavy atom. The van der Waals surface area contributed by atoms with Gasteiger partial charge in [0.05, 0.1) is 36.4 Å². The Morgan fingerprint density at radius 1 is 1.19 bits per heavy atom.